The smallest absolute Gasteiger partial charge is 0.278 e. The van der Waals surface area contributed by atoms with Crippen molar-refractivity contribution in [2.45, 2.75) is 12.7 Å². The van der Waals surface area contributed by atoms with Gasteiger partial charge in [-0.1, -0.05) is 47.1 Å². The van der Waals surface area contributed by atoms with Gasteiger partial charge in [0.15, 0.2) is 5.69 Å². The lowest BCUT2D eigenvalue weighted by Crippen LogP contribution is -2.15. The molecule has 26 heavy (non-hydrogen) atoms. The predicted octanol–water partition coefficient (Wildman–Crippen LogP) is 3.36. The molecular formula is C18H17ClN4O2S. The van der Waals surface area contributed by atoms with Gasteiger partial charge in [-0.25, -0.2) is 4.68 Å². The molecule has 2 aromatic carbocycles. The van der Waals surface area contributed by atoms with Crippen LogP contribution in [0.3, 0.4) is 0 Å². The van der Waals surface area contributed by atoms with Gasteiger partial charge in [0.2, 0.25) is 0 Å². The number of benzene rings is 2. The predicted molar refractivity (Wildman–Crippen MR) is 103 cm³/mol. The van der Waals surface area contributed by atoms with Crippen molar-refractivity contribution >= 4 is 34.0 Å². The van der Waals surface area contributed by atoms with E-state index in [1.54, 1.807) is 31.4 Å². The molecule has 3 aromatic rings. The molecule has 0 aliphatic heterocycles. The van der Waals surface area contributed by atoms with Crippen LogP contribution in [0.4, 0.5) is 5.69 Å². The lowest BCUT2D eigenvalue weighted by atomic mass is 10.2. The molecule has 0 saturated heterocycles. The lowest BCUT2D eigenvalue weighted by molar-refractivity contribution is 0.102. The molecule has 8 heteroatoms. The Hall–Kier alpha value is -2.51. The van der Waals surface area contributed by atoms with Gasteiger partial charge in [0.25, 0.3) is 5.91 Å². The van der Waals surface area contributed by atoms with Crippen molar-refractivity contribution < 1.29 is 9.00 Å². The Labute approximate surface area is 158 Å². The quantitative estimate of drug-likeness (QED) is 0.727. The minimum Gasteiger partial charge on any atom is -0.320 e. The average molecular weight is 389 g/mol. The maximum atomic E-state index is 12.7. The van der Waals surface area contributed by atoms with Crippen molar-refractivity contribution in [2.24, 2.45) is 0 Å². The van der Waals surface area contributed by atoms with Gasteiger partial charge in [-0.15, -0.1) is 5.10 Å². The summed E-state index contributed by atoms with van der Waals surface area (Å²) < 4.78 is 13.1. The second-order valence-electron chi connectivity index (χ2n) is 5.72. The highest BCUT2D eigenvalue weighted by Gasteiger charge is 2.19. The molecule has 1 aromatic heterocycles. The zero-order valence-corrected chi connectivity index (χ0v) is 15.8. The Kier molecular flexibility index (Phi) is 5.49. The topological polar surface area (TPSA) is 76.9 Å². The highest BCUT2D eigenvalue weighted by Crippen LogP contribution is 2.22. The van der Waals surface area contributed by atoms with E-state index in [1.807, 2.05) is 30.3 Å². The Balaban J connectivity index is 1.89. The van der Waals surface area contributed by atoms with Crippen LogP contribution in [0.2, 0.25) is 5.02 Å². The number of nitrogens with zero attached hydrogens (tertiary/aromatic N) is 3. The molecule has 134 valence electrons. The number of carbonyl (C=O) groups is 1. The number of nitrogens with one attached hydrogen (secondary N) is 1. The first-order valence-corrected chi connectivity index (χ1v) is 9.94. The van der Waals surface area contributed by atoms with Gasteiger partial charge >= 0.3 is 0 Å². The maximum absolute atomic E-state index is 12.7. The number of anilines is 1. The Bertz CT molecular complexity index is 987. The molecule has 1 N–H and O–H groups in total. The van der Waals surface area contributed by atoms with Crippen LogP contribution in [0.25, 0.3) is 5.69 Å². The first-order valence-electron chi connectivity index (χ1n) is 7.84. The summed E-state index contributed by atoms with van der Waals surface area (Å²) in [4.78, 5) is 12.7. The monoisotopic (exact) mass is 388 g/mol. The van der Waals surface area contributed by atoms with E-state index in [0.29, 0.717) is 27.8 Å². The van der Waals surface area contributed by atoms with E-state index in [-0.39, 0.29) is 11.6 Å². The molecule has 0 fully saturated rings. The molecule has 6 nitrogen and oxygen atoms in total. The van der Waals surface area contributed by atoms with Gasteiger partial charge in [0.05, 0.1) is 22.2 Å². The lowest BCUT2D eigenvalue weighted by Gasteiger charge is -2.10. The van der Waals surface area contributed by atoms with E-state index in [0.717, 1.165) is 5.56 Å². The van der Waals surface area contributed by atoms with Gasteiger partial charge < -0.3 is 5.32 Å². The zero-order valence-electron chi connectivity index (χ0n) is 14.3. The Morgan fingerprint density at radius 1 is 1.19 bits per heavy atom. The van der Waals surface area contributed by atoms with Gasteiger partial charge in [-0.3, -0.25) is 9.00 Å². The number of amides is 1. The second kappa shape index (κ2) is 7.80. The van der Waals surface area contributed by atoms with Crippen molar-refractivity contribution in [2.75, 3.05) is 11.6 Å². The molecule has 0 spiro atoms. The summed E-state index contributed by atoms with van der Waals surface area (Å²) in [5.74, 6) is -0.0167. The SMILES string of the molecule is Cc1c(C(=O)Nc2ccccc2CS(C)=O)nnn1-c1ccccc1Cl. The molecule has 0 bridgehead atoms. The summed E-state index contributed by atoms with van der Waals surface area (Å²) in [5, 5.41) is 11.4. The third kappa shape index (κ3) is 3.84. The van der Waals surface area contributed by atoms with Crippen LogP contribution < -0.4 is 5.32 Å². The number of aromatic nitrogens is 3. The van der Waals surface area contributed by atoms with Crippen LogP contribution in [0.15, 0.2) is 48.5 Å². The number of halogens is 1. The van der Waals surface area contributed by atoms with Crippen molar-refractivity contribution in [3.8, 4) is 5.69 Å². The minimum atomic E-state index is -1.01. The number of rotatable bonds is 5. The van der Waals surface area contributed by atoms with Gasteiger partial charge in [-0.05, 0) is 30.7 Å². The molecule has 1 heterocycles. The Morgan fingerprint density at radius 2 is 1.88 bits per heavy atom. The summed E-state index contributed by atoms with van der Waals surface area (Å²) in [6, 6.07) is 14.5. The van der Waals surface area contributed by atoms with Crippen LogP contribution in [0, 0.1) is 6.92 Å². The van der Waals surface area contributed by atoms with Crippen LogP contribution in [-0.2, 0) is 16.6 Å². The number of para-hydroxylation sites is 2. The molecular weight excluding hydrogens is 372 g/mol. The molecule has 1 atom stereocenters. The number of carbonyl (C=O) groups excluding carboxylic acids is 1. The zero-order chi connectivity index (χ0) is 18.7. The van der Waals surface area contributed by atoms with Crippen molar-refractivity contribution in [3.63, 3.8) is 0 Å². The number of hydrogen-bond acceptors (Lipinski definition) is 4. The summed E-state index contributed by atoms with van der Waals surface area (Å²) in [7, 11) is -1.01. The standard InChI is InChI=1S/C18H17ClN4O2S/c1-12-17(21-22-23(12)16-10-6-4-8-14(16)19)18(24)20-15-9-5-3-7-13(15)11-26(2)25/h3-10H,11H2,1-2H3,(H,20,24). The minimum absolute atomic E-state index is 0.206. The van der Waals surface area contributed by atoms with Gasteiger partial charge in [0.1, 0.15) is 0 Å². The highest BCUT2D eigenvalue weighted by atomic mass is 35.5. The summed E-state index contributed by atoms with van der Waals surface area (Å²) in [5.41, 5.74) is 2.85. The third-order valence-electron chi connectivity index (χ3n) is 3.81. The highest BCUT2D eigenvalue weighted by molar-refractivity contribution is 7.83. The molecule has 0 aliphatic rings. The molecule has 3 rings (SSSR count). The van der Waals surface area contributed by atoms with Crippen molar-refractivity contribution in [1.29, 1.82) is 0 Å². The first kappa shape index (κ1) is 18.3. The van der Waals surface area contributed by atoms with E-state index in [4.69, 9.17) is 11.6 Å². The summed E-state index contributed by atoms with van der Waals surface area (Å²) in [6.45, 7) is 1.76. The Morgan fingerprint density at radius 3 is 2.62 bits per heavy atom. The molecule has 1 unspecified atom stereocenters. The third-order valence-corrected chi connectivity index (χ3v) is 4.85. The van der Waals surface area contributed by atoms with E-state index in [9.17, 15) is 9.00 Å². The first-order chi connectivity index (χ1) is 12.5. The number of hydrogen-bond donors (Lipinski definition) is 1. The summed E-state index contributed by atoms with van der Waals surface area (Å²) >= 11 is 6.20. The normalized spacial score (nSPS) is 12.0. The van der Waals surface area contributed by atoms with E-state index in [1.165, 1.54) is 4.68 Å². The van der Waals surface area contributed by atoms with Crippen LogP contribution in [0.1, 0.15) is 21.7 Å². The van der Waals surface area contributed by atoms with Crippen LogP contribution >= 0.6 is 11.6 Å². The van der Waals surface area contributed by atoms with E-state index >= 15 is 0 Å². The molecule has 1 amide bonds. The average Bonchev–Trinajstić information content (AvgIpc) is 2.98. The fourth-order valence-electron chi connectivity index (χ4n) is 2.56. The van der Waals surface area contributed by atoms with Crippen LogP contribution in [-0.4, -0.2) is 31.4 Å². The summed E-state index contributed by atoms with van der Waals surface area (Å²) in [6.07, 6.45) is 1.62. The second-order valence-corrected chi connectivity index (χ2v) is 7.56. The van der Waals surface area contributed by atoms with Crippen molar-refractivity contribution in [1.82, 2.24) is 15.0 Å². The molecule has 0 saturated carbocycles. The molecule has 0 radical (unpaired) electrons. The van der Waals surface area contributed by atoms with E-state index < -0.39 is 10.8 Å². The maximum Gasteiger partial charge on any atom is 0.278 e. The van der Waals surface area contributed by atoms with E-state index in [2.05, 4.69) is 15.6 Å². The van der Waals surface area contributed by atoms with Crippen LogP contribution in [0.5, 0.6) is 0 Å². The fourth-order valence-corrected chi connectivity index (χ4v) is 3.47. The van der Waals surface area contributed by atoms with Crippen molar-refractivity contribution in [3.05, 3.63) is 70.5 Å². The fraction of sp³-hybridized carbons (Fsp3) is 0.167. The van der Waals surface area contributed by atoms with Gasteiger partial charge in [-0.2, -0.15) is 0 Å². The molecule has 0 aliphatic carbocycles. The van der Waals surface area contributed by atoms with Gasteiger partial charge in [0, 0.05) is 22.7 Å². The largest absolute Gasteiger partial charge is 0.320 e.